The first kappa shape index (κ1) is 17.0. The van der Waals surface area contributed by atoms with Gasteiger partial charge in [0.05, 0.1) is 12.1 Å². The van der Waals surface area contributed by atoms with Crippen LogP contribution in [0.25, 0.3) is 0 Å². The van der Waals surface area contributed by atoms with Crippen molar-refractivity contribution in [1.82, 2.24) is 9.80 Å². The quantitative estimate of drug-likeness (QED) is 0.838. The molecule has 2 atom stereocenters. The zero-order chi connectivity index (χ0) is 17.1. The molecule has 136 valence electrons. The molecule has 3 aliphatic heterocycles. The number of benzene rings is 1. The van der Waals surface area contributed by atoms with Crippen molar-refractivity contribution in [2.45, 2.75) is 37.8 Å². The van der Waals surface area contributed by atoms with Crippen molar-refractivity contribution >= 4 is 11.6 Å². The van der Waals surface area contributed by atoms with Crippen molar-refractivity contribution in [3.8, 4) is 0 Å². The summed E-state index contributed by atoms with van der Waals surface area (Å²) in [7, 11) is 0. The van der Waals surface area contributed by atoms with Crippen LogP contribution >= 0.6 is 0 Å². The van der Waals surface area contributed by atoms with Crippen molar-refractivity contribution in [3.63, 3.8) is 0 Å². The van der Waals surface area contributed by atoms with Crippen LogP contribution in [0.3, 0.4) is 0 Å². The van der Waals surface area contributed by atoms with E-state index < -0.39 is 0 Å². The summed E-state index contributed by atoms with van der Waals surface area (Å²) in [5.74, 6) is 0.273. The Kier molecular flexibility index (Phi) is 5.34. The zero-order valence-corrected chi connectivity index (χ0v) is 15.0. The van der Waals surface area contributed by atoms with E-state index in [2.05, 4.69) is 9.80 Å². The predicted octanol–water partition coefficient (Wildman–Crippen LogP) is 1.98. The van der Waals surface area contributed by atoms with Crippen LogP contribution in [0.4, 0.5) is 5.69 Å². The van der Waals surface area contributed by atoms with Gasteiger partial charge >= 0.3 is 0 Å². The first-order valence-corrected chi connectivity index (χ1v) is 9.76. The summed E-state index contributed by atoms with van der Waals surface area (Å²) in [6.07, 6.45) is 5.08. The smallest absolute Gasteiger partial charge is 0.244 e. The van der Waals surface area contributed by atoms with Crippen molar-refractivity contribution in [2.24, 2.45) is 0 Å². The van der Waals surface area contributed by atoms with E-state index in [1.807, 2.05) is 35.2 Å². The van der Waals surface area contributed by atoms with Gasteiger partial charge in [0.15, 0.2) is 0 Å². The fourth-order valence-electron chi connectivity index (χ4n) is 4.36. The molecular weight excluding hydrogens is 314 g/mol. The second-order valence-corrected chi connectivity index (χ2v) is 7.46. The van der Waals surface area contributed by atoms with Crippen molar-refractivity contribution in [2.75, 3.05) is 50.8 Å². The molecule has 3 fully saturated rings. The van der Waals surface area contributed by atoms with E-state index in [9.17, 15) is 4.79 Å². The molecular formula is C20H29N3O2. The van der Waals surface area contributed by atoms with Gasteiger partial charge < -0.3 is 9.64 Å². The van der Waals surface area contributed by atoms with Crippen molar-refractivity contribution in [1.29, 1.82) is 0 Å². The molecule has 0 saturated carbocycles. The Bertz CT molecular complexity index is 566. The van der Waals surface area contributed by atoms with E-state index in [4.69, 9.17) is 4.74 Å². The van der Waals surface area contributed by atoms with Gasteiger partial charge in [-0.15, -0.1) is 0 Å². The number of anilines is 1. The van der Waals surface area contributed by atoms with E-state index in [-0.39, 0.29) is 11.9 Å². The van der Waals surface area contributed by atoms with Crippen LogP contribution in [-0.2, 0) is 9.53 Å². The number of para-hydroxylation sites is 1. The Morgan fingerprint density at radius 2 is 1.76 bits per heavy atom. The van der Waals surface area contributed by atoms with Gasteiger partial charge in [0.25, 0.3) is 0 Å². The molecule has 0 aliphatic carbocycles. The third kappa shape index (κ3) is 3.89. The Morgan fingerprint density at radius 3 is 2.48 bits per heavy atom. The highest BCUT2D eigenvalue weighted by molar-refractivity contribution is 5.99. The van der Waals surface area contributed by atoms with Gasteiger partial charge in [0.2, 0.25) is 5.91 Å². The SMILES string of the molecule is O=C1[C@@H](N2CCN(C[C@@H]3CCCCO3)CC2)CCN1c1ccccc1. The predicted molar refractivity (Wildman–Crippen MR) is 98.8 cm³/mol. The van der Waals surface area contributed by atoms with Gasteiger partial charge in [-0.1, -0.05) is 18.2 Å². The maximum absolute atomic E-state index is 12.9. The molecule has 0 bridgehead atoms. The Hall–Kier alpha value is -1.43. The first-order valence-electron chi connectivity index (χ1n) is 9.76. The summed E-state index contributed by atoms with van der Waals surface area (Å²) in [5, 5.41) is 0. The second kappa shape index (κ2) is 7.85. The number of hydrogen-bond acceptors (Lipinski definition) is 4. The maximum Gasteiger partial charge on any atom is 0.244 e. The number of hydrogen-bond donors (Lipinski definition) is 0. The molecule has 1 aromatic rings. The average Bonchev–Trinajstić information content (AvgIpc) is 3.05. The van der Waals surface area contributed by atoms with E-state index in [1.54, 1.807) is 0 Å². The fourth-order valence-corrected chi connectivity index (χ4v) is 4.36. The van der Waals surface area contributed by atoms with Crippen molar-refractivity contribution < 1.29 is 9.53 Å². The van der Waals surface area contributed by atoms with E-state index in [0.29, 0.717) is 6.10 Å². The monoisotopic (exact) mass is 343 g/mol. The number of carbonyl (C=O) groups is 1. The number of ether oxygens (including phenoxy) is 1. The van der Waals surface area contributed by atoms with Crippen LogP contribution in [0.15, 0.2) is 30.3 Å². The molecule has 5 nitrogen and oxygen atoms in total. The number of piperazine rings is 1. The average molecular weight is 343 g/mol. The first-order chi connectivity index (χ1) is 12.3. The molecule has 3 aliphatic rings. The summed E-state index contributed by atoms with van der Waals surface area (Å²) in [5.41, 5.74) is 1.03. The van der Waals surface area contributed by atoms with E-state index in [0.717, 1.165) is 58.0 Å². The second-order valence-electron chi connectivity index (χ2n) is 7.46. The largest absolute Gasteiger partial charge is 0.377 e. The summed E-state index contributed by atoms with van der Waals surface area (Å²) >= 11 is 0. The lowest BCUT2D eigenvalue weighted by atomic mass is 10.1. The van der Waals surface area contributed by atoms with Gasteiger partial charge in [0.1, 0.15) is 0 Å². The van der Waals surface area contributed by atoms with E-state index in [1.165, 1.54) is 19.3 Å². The molecule has 5 heteroatoms. The molecule has 25 heavy (non-hydrogen) atoms. The van der Waals surface area contributed by atoms with Crippen LogP contribution < -0.4 is 4.90 Å². The summed E-state index contributed by atoms with van der Waals surface area (Å²) in [6, 6.07) is 10.1. The summed E-state index contributed by atoms with van der Waals surface area (Å²) in [4.78, 5) is 19.7. The molecule has 0 unspecified atom stereocenters. The number of rotatable bonds is 4. The highest BCUT2D eigenvalue weighted by Crippen LogP contribution is 2.25. The number of nitrogens with zero attached hydrogens (tertiary/aromatic N) is 3. The normalized spacial score (nSPS) is 29.3. The lowest BCUT2D eigenvalue weighted by molar-refractivity contribution is -0.122. The Labute approximate surface area is 150 Å². The van der Waals surface area contributed by atoms with Gasteiger partial charge in [-0.25, -0.2) is 0 Å². The third-order valence-electron chi connectivity index (χ3n) is 5.83. The Morgan fingerprint density at radius 1 is 0.960 bits per heavy atom. The molecule has 1 aromatic carbocycles. The molecule has 0 radical (unpaired) electrons. The third-order valence-corrected chi connectivity index (χ3v) is 5.83. The molecule has 0 aromatic heterocycles. The highest BCUT2D eigenvalue weighted by atomic mass is 16.5. The van der Waals surface area contributed by atoms with Crippen molar-refractivity contribution in [3.05, 3.63) is 30.3 Å². The number of carbonyl (C=O) groups excluding carboxylic acids is 1. The molecule has 1 amide bonds. The van der Waals surface area contributed by atoms with Crippen LogP contribution in [0.5, 0.6) is 0 Å². The topological polar surface area (TPSA) is 36.0 Å². The van der Waals surface area contributed by atoms with Gasteiger partial charge in [0, 0.05) is 51.6 Å². The molecule has 0 N–H and O–H groups in total. The fraction of sp³-hybridized carbons (Fsp3) is 0.650. The van der Waals surface area contributed by atoms with Crippen LogP contribution in [0, 0.1) is 0 Å². The highest BCUT2D eigenvalue weighted by Gasteiger charge is 2.37. The van der Waals surface area contributed by atoms with Gasteiger partial charge in [-0.3, -0.25) is 14.6 Å². The summed E-state index contributed by atoms with van der Waals surface area (Å²) < 4.78 is 5.87. The molecule has 4 rings (SSSR count). The van der Waals surface area contributed by atoms with Crippen LogP contribution in [-0.4, -0.2) is 73.7 Å². The minimum atomic E-state index is 0.0632. The van der Waals surface area contributed by atoms with E-state index >= 15 is 0 Å². The van der Waals surface area contributed by atoms with Crippen LogP contribution in [0.1, 0.15) is 25.7 Å². The molecule has 0 spiro atoms. The maximum atomic E-state index is 12.9. The molecule has 3 saturated heterocycles. The lowest BCUT2D eigenvalue weighted by Crippen LogP contribution is -2.54. The standard InChI is InChI=1S/C20H29N3O2/c24-20-19(9-10-23(20)17-6-2-1-3-7-17)22-13-11-21(12-14-22)16-18-8-4-5-15-25-18/h1-3,6-7,18-19H,4-5,8-16H2/t18-,19-/m0/s1. The van der Waals surface area contributed by atoms with Gasteiger partial charge in [-0.2, -0.15) is 0 Å². The number of amides is 1. The lowest BCUT2D eigenvalue weighted by Gasteiger charge is -2.39. The minimum absolute atomic E-state index is 0.0632. The Balaban J connectivity index is 1.28. The summed E-state index contributed by atoms with van der Waals surface area (Å²) in [6.45, 7) is 6.91. The van der Waals surface area contributed by atoms with Gasteiger partial charge in [-0.05, 0) is 37.8 Å². The molecule has 3 heterocycles. The zero-order valence-electron chi connectivity index (χ0n) is 15.0. The minimum Gasteiger partial charge on any atom is -0.377 e. The van der Waals surface area contributed by atoms with Crippen LogP contribution in [0.2, 0.25) is 0 Å².